The predicted molar refractivity (Wildman–Crippen MR) is 87.9 cm³/mol. The van der Waals surface area contributed by atoms with Gasteiger partial charge in [-0.1, -0.05) is 24.3 Å². The van der Waals surface area contributed by atoms with E-state index in [1.54, 1.807) is 18.3 Å². The number of fused-ring (bicyclic) bond motifs is 1. The van der Waals surface area contributed by atoms with E-state index in [-0.39, 0.29) is 0 Å². The average Bonchev–Trinajstić information content (AvgIpc) is 2.53. The fraction of sp³-hybridized carbons (Fsp3) is 0.250. The first kappa shape index (κ1) is 15.2. The molecule has 1 saturated carbocycles. The van der Waals surface area contributed by atoms with Crippen LogP contribution in [0.2, 0.25) is 0 Å². The maximum absolute atomic E-state index is 12.7. The number of rotatable bonds is 2. The summed E-state index contributed by atoms with van der Waals surface area (Å²) in [6.45, 7) is 0. The zero-order chi connectivity index (χ0) is 16.7. The monoisotopic (exact) mass is 327 g/mol. The molecular formula is C20H16F3N. The summed E-state index contributed by atoms with van der Waals surface area (Å²) < 4.78 is 38.1. The van der Waals surface area contributed by atoms with E-state index in [1.807, 2.05) is 18.2 Å². The molecular weight excluding hydrogens is 311 g/mol. The lowest BCUT2D eigenvalue weighted by Gasteiger charge is -2.37. The first-order valence-electron chi connectivity index (χ1n) is 8.04. The number of halogens is 3. The van der Waals surface area contributed by atoms with Crippen LogP contribution in [0.3, 0.4) is 0 Å². The molecule has 4 heteroatoms. The quantitative estimate of drug-likeness (QED) is 0.570. The fourth-order valence-electron chi connectivity index (χ4n) is 3.54. The molecule has 24 heavy (non-hydrogen) atoms. The Hall–Kier alpha value is -2.36. The van der Waals surface area contributed by atoms with Gasteiger partial charge in [0.1, 0.15) is 0 Å². The second-order valence-electron chi connectivity index (χ2n) is 6.37. The lowest BCUT2D eigenvalue weighted by atomic mass is 9.67. The molecule has 1 aliphatic carbocycles. The molecule has 0 amide bonds. The zero-order valence-electron chi connectivity index (χ0n) is 12.9. The van der Waals surface area contributed by atoms with Crippen molar-refractivity contribution in [2.45, 2.75) is 30.9 Å². The Balaban J connectivity index is 1.61. The highest BCUT2D eigenvalue weighted by molar-refractivity contribution is 5.79. The van der Waals surface area contributed by atoms with Crippen LogP contribution in [0.1, 0.15) is 41.4 Å². The van der Waals surface area contributed by atoms with Crippen LogP contribution in [0.4, 0.5) is 13.2 Å². The van der Waals surface area contributed by atoms with Crippen LogP contribution in [0, 0.1) is 0 Å². The summed E-state index contributed by atoms with van der Waals surface area (Å²) in [5.41, 5.74) is 2.61. The van der Waals surface area contributed by atoms with Crippen molar-refractivity contribution < 1.29 is 13.2 Å². The SMILES string of the molecule is FC(F)(F)c1ccc(C2CCC2c2ccc3ncccc3c2)cc1. The maximum atomic E-state index is 12.7. The normalized spacial score (nSPS) is 20.8. The summed E-state index contributed by atoms with van der Waals surface area (Å²) in [6.07, 6.45) is -0.419. The number of aromatic nitrogens is 1. The van der Waals surface area contributed by atoms with Crippen molar-refractivity contribution in [1.82, 2.24) is 4.98 Å². The van der Waals surface area contributed by atoms with Crippen LogP contribution in [0.25, 0.3) is 10.9 Å². The molecule has 0 aliphatic heterocycles. The van der Waals surface area contributed by atoms with Crippen LogP contribution in [0.15, 0.2) is 60.8 Å². The first-order valence-corrected chi connectivity index (χ1v) is 8.04. The molecule has 122 valence electrons. The highest BCUT2D eigenvalue weighted by Gasteiger charge is 2.35. The third-order valence-corrected chi connectivity index (χ3v) is 5.00. The van der Waals surface area contributed by atoms with E-state index < -0.39 is 11.7 Å². The van der Waals surface area contributed by atoms with Gasteiger partial charge in [0.2, 0.25) is 0 Å². The lowest BCUT2D eigenvalue weighted by molar-refractivity contribution is -0.137. The largest absolute Gasteiger partial charge is 0.416 e. The maximum Gasteiger partial charge on any atom is 0.416 e. The van der Waals surface area contributed by atoms with E-state index in [1.165, 1.54) is 17.7 Å². The molecule has 2 unspecified atom stereocenters. The summed E-state index contributed by atoms with van der Waals surface area (Å²) in [5, 5.41) is 1.10. The van der Waals surface area contributed by atoms with Crippen LogP contribution >= 0.6 is 0 Å². The van der Waals surface area contributed by atoms with Crippen LogP contribution < -0.4 is 0 Å². The van der Waals surface area contributed by atoms with Crippen molar-refractivity contribution in [2.75, 3.05) is 0 Å². The molecule has 1 fully saturated rings. The summed E-state index contributed by atoms with van der Waals surface area (Å²) in [5.74, 6) is 0.660. The fourth-order valence-corrected chi connectivity index (χ4v) is 3.54. The van der Waals surface area contributed by atoms with Gasteiger partial charge in [-0.25, -0.2) is 0 Å². The molecule has 2 aromatic carbocycles. The van der Waals surface area contributed by atoms with Crippen LogP contribution in [-0.2, 0) is 6.18 Å². The van der Waals surface area contributed by atoms with Gasteiger partial charge in [0.25, 0.3) is 0 Å². The Morgan fingerprint density at radius 2 is 1.50 bits per heavy atom. The Morgan fingerprint density at radius 3 is 2.17 bits per heavy atom. The van der Waals surface area contributed by atoms with Crippen molar-refractivity contribution >= 4 is 10.9 Å². The third kappa shape index (κ3) is 2.66. The summed E-state index contributed by atoms with van der Waals surface area (Å²) in [6, 6.07) is 15.9. The van der Waals surface area contributed by atoms with Gasteiger partial charge in [-0.3, -0.25) is 4.98 Å². The second-order valence-corrected chi connectivity index (χ2v) is 6.37. The van der Waals surface area contributed by atoms with E-state index in [0.717, 1.165) is 29.3 Å². The number of pyridine rings is 1. The third-order valence-electron chi connectivity index (χ3n) is 5.00. The van der Waals surface area contributed by atoms with Crippen molar-refractivity contribution in [3.8, 4) is 0 Å². The molecule has 2 atom stereocenters. The van der Waals surface area contributed by atoms with E-state index in [2.05, 4.69) is 17.1 Å². The molecule has 0 saturated heterocycles. The average molecular weight is 327 g/mol. The van der Waals surface area contributed by atoms with Gasteiger partial charge in [0.15, 0.2) is 0 Å². The number of hydrogen-bond acceptors (Lipinski definition) is 1. The van der Waals surface area contributed by atoms with E-state index in [4.69, 9.17) is 0 Å². The molecule has 1 aliphatic rings. The topological polar surface area (TPSA) is 12.9 Å². The van der Waals surface area contributed by atoms with Gasteiger partial charge in [0, 0.05) is 11.6 Å². The molecule has 1 heterocycles. The molecule has 0 radical (unpaired) electrons. The minimum Gasteiger partial charge on any atom is -0.256 e. The van der Waals surface area contributed by atoms with Gasteiger partial charge in [-0.05, 0) is 66.1 Å². The molecule has 1 aromatic heterocycles. The van der Waals surface area contributed by atoms with Crippen molar-refractivity contribution in [3.63, 3.8) is 0 Å². The van der Waals surface area contributed by atoms with Gasteiger partial charge < -0.3 is 0 Å². The van der Waals surface area contributed by atoms with Gasteiger partial charge in [0.05, 0.1) is 11.1 Å². The van der Waals surface area contributed by atoms with Crippen molar-refractivity contribution in [1.29, 1.82) is 0 Å². The smallest absolute Gasteiger partial charge is 0.256 e. The van der Waals surface area contributed by atoms with Gasteiger partial charge in [-0.15, -0.1) is 0 Å². The summed E-state index contributed by atoms with van der Waals surface area (Å²) in [4.78, 5) is 4.33. The lowest BCUT2D eigenvalue weighted by Crippen LogP contribution is -2.22. The standard InChI is InChI=1S/C20H16F3N/c21-20(22,23)16-6-3-13(4-7-16)17-8-9-18(17)14-5-10-19-15(12-14)2-1-11-24-19/h1-7,10-12,17-18H,8-9H2. The van der Waals surface area contributed by atoms with Crippen LogP contribution in [-0.4, -0.2) is 4.98 Å². The molecule has 4 rings (SSSR count). The molecule has 0 bridgehead atoms. The Morgan fingerprint density at radius 1 is 0.833 bits per heavy atom. The number of hydrogen-bond donors (Lipinski definition) is 0. The molecule has 0 spiro atoms. The van der Waals surface area contributed by atoms with Gasteiger partial charge >= 0.3 is 6.18 Å². The number of alkyl halides is 3. The minimum atomic E-state index is -4.27. The van der Waals surface area contributed by atoms with Crippen LogP contribution in [0.5, 0.6) is 0 Å². The van der Waals surface area contributed by atoms with Gasteiger partial charge in [-0.2, -0.15) is 13.2 Å². The summed E-state index contributed by atoms with van der Waals surface area (Å²) in [7, 11) is 0. The molecule has 3 aromatic rings. The Kier molecular flexibility index (Phi) is 3.56. The van der Waals surface area contributed by atoms with E-state index in [9.17, 15) is 13.2 Å². The number of nitrogens with zero attached hydrogens (tertiary/aromatic N) is 1. The highest BCUT2D eigenvalue weighted by atomic mass is 19.4. The van der Waals surface area contributed by atoms with E-state index in [0.29, 0.717) is 11.8 Å². The Bertz CT molecular complexity index is 868. The van der Waals surface area contributed by atoms with Crippen molar-refractivity contribution in [2.24, 2.45) is 0 Å². The van der Waals surface area contributed by atoms with E-state index >= 15 is 0 Å². The molecule has 0 N–H and O–H groups in total. The first-order chi connectivity index (χ1) is 11.5. The second kappa shape index (κ2) is 5.62. The minimum absolute atomic E-state index is 0.293. The predicted octanol–water partition coefficient (Wildman–Crippen LogP) is 5.91. The molecule has 1 nitrogen and oxygen atoms in total. The summed E-state index contributed by atoms with van der Waals surface area (Å²) >= 11 is 0. The highest BCUT2D eigenvalue weighted by Crippen LogP contribution is 2.49. The number of benzene rings is 2. The zero-order valence-corrected chi connectivity index (χ0v) is 12.9. The Labute approximate surface area is 138 Å². The van der Waals surface area contributed by atoms with Crippen molar-refractivity contribution in [3.05, 3.63) is 77.5 Å².